The third-order valence-corrected chi connectivity index (χ3v) is 7.28. The van der Waals surface area contributed by atoms with Gasteiger partial charge in [-0.05, 0) is 88.5 Å². The lowest BCUT2D eigenvalue weighted by atomic mass is 10.0. The maximum atomic E-state index is 13.1. The second-order valence-corrected chi connectivity index (χ2v) is 10.8. The van der Waals surface area contributed by atoms with Crippen molar-refractivity contribution in [3.63, 3.8) is 0 Å². The molecule has 1 aliphatic heterocycles. The average Bonchev–Trinajstić information content (AvgIpc) is 3.36. The van der Waals surface area contributed by atoms with Gasteiger partial charge in [-0.3, -0.25) is 14.3 Å². The van der Waals surface area contributed by atoms with Crippen molar-refractivity contribution in [1.29, 1.82) is 0 Å². The molecule has 1 saturated heterocycles. The Morgan fingerprint density at radius 2 is 1.92 bits per heavy atom. The van der Waals surface area contributed by atoms with E-state index in [1.807, 2.05) is 24.7 Å². The number of Topliss-reactive ketones (excluding diaryl/α,β-unsaturated/α-hetero) is 1. The van der Waals surface area contributed by atoms with Crippen molar-refractivity contribution in [2.75, 3.05) is 19.6 Å². The summed E-state index contributed by atoms with van der Waals surface area (Å²) in [5, 5.41) is 19.8. The molecule has 5 rings (SSSR count). The molecule has 2 heterocycles. The smallest absolute Gasteiger partial charge is 0.292 e. The van der Waals surface area contributed by atoms with Crippen molar-refractivity contribution >= 4 is 34.2 Å². The van der Waals surface area contributed by atoms with Crippen molar-refractivity contribution in [3.8, 4) is 5.75 Å². The van der Waals surface area contributed by atoms with E-state index in [0.29, 0.717) is 22.9 Å². The highest BCUT2D eigenvalue weighted by atomic mass is 35.5. The molecule has 196 valence electrons. The highest BCUT2D eigenvalue weighted by molar-refractivity contribution is 6.43. The van der Waals surface area contributed by atoms with Crippen molar-refractivity contribution in [2.24, 2.45) is 0 Å². The molecule has 1 aromatic heterocycles. The van der Waals surface area contributed by atoms with E-state index in [2.05, 4.69) is 15.3 Å². The number of likely N-dealkylation sites (tertiary alicyclic amines) is 1. The first kappa shape index (κ1) is 25.7. The van der Waals surface area contributed by atoms with Crippen molar-refractivity contribution < 1.29 is 19.4 Å². The van der Waals surface area contributed by atoms with E-state index in [9.17, 15) is 14.7 Å². The Morgan fingerprint density at radius 1 is 1.16 bits per heavy atom. The Hall–Kier alpha value is -2.94. The maximum Gasteiger partial charge on any atom is 0.292 e. The van der Waals surface area contributed by atoms with E-state index >= 15 is 0 Å². The topological polar surface area (TPSA) is 96.7 Å². The minimum absolute atomic E-state index is 0.186. The van der Waals surface area contributed by atoms with E-state index in [4.69, 9.17) is 16.3 Å². The Morgan fingerprint density at radius 3 is 2.59 bits per heavy atom. The Kier molecular flexibility index (Phi) is 7.51. The summed E-state index contributed by atoms with van der Waals surface area (Å²) in [5.41, 5.74) is 1.61. The van der Waals surface area contributed by atoms with Crippen LogP contribution in [-0.4, -0.2) is 63.3 Å². The number of halogens is 1. The van der Waals surface area contributed by atoms with Crippen LogP contribution in [0, 0.1) is 0 Å². The highest BCUT2D eigenvalue weighted by Gasteiger charge is 2.30. The maximum absolute atomic E-state index is 13.1. The zero-order valence-electron chi connectivity index (χ0n) is 21.2. The number of carbonyl (C=O) groups excluding carboxylic acids is 2. The standard InChI is InChI=1S/C28H33ClN4O4/c1-17(2)33-15-20-13-18(5-9-23(20)31-33)27(35)28(36)30-24(16-32-11-3-4-12-32)26(34)19-6-10-25(22(29)14-19)37-21-7-8-21/h5-6,9-10,13-15,17,21,24,26,34H,3-4,7-8,11-12,16H2,1-2H3,(H,30,36)/t24-,26-/m1/s1. The van der Waals surface area contributed by atoms with E-state index in [0.717, 1.165) is 49.7 Å². The molecule has 0 radical (unpaired) electrons. The molecule has 3 aromatic rings. The SMILES string of the molecule is CC(C)n1cc2cc(C(=O)C(=O)N[C@H](CN3CCCC3)[C@H](O)c3ccc(OC4CC4)c(Cl)c3)ccc2n1. The number of hydrogen-bond donors (Lipinski definition) is 2. The zero-order valence-corrected chi connectivity index (χ0v) is 21.9. The van der Waals surface area contributed by atoms with E-state index in [1.165, 1.54) is 0 Å². The molecule has 2 aliphatic rings. The minimum Gasteiger partial charge on any atom is -0.489 e. The van der Waals surface area contributed by atoms with Gasteiger partial charge in [0.25, 0.3) is 5.91 Å². The summed E-state index contributed by atoms with van der Waals surface area (Å²) in [6, 6.07) is 9.75. The van der Waals surface area contributed by atoms with Crippen LogP contribution in [0.25, 0.3) is 10.9 Å². The molecule has 0 unspecified atom stereocenters. The molecule has 8 nitrogen and oxygen atoms in total. The van der Waals surface area contributed by atoms with Gasteiger partial charge in [-0.25, -0.2) is 0 Å². The van der Waals surface area contributed by atoms with Gasteiger partial charge < -0.3 is 20.1 Å². The predicted molar refractivity (Wildman–Crippen MR) is 142 cm³/mol. The van der Waals surface area contributed by atoms with Gasteiger partial charge in [0.05, 0.1) is 22.7 Å². The van der Waals surface area contributed by atoms with Crippen LogP contribution in [0.2, 0.25) is 5.02 Å². The number of aliphatic hydroxyl groups is 1. The van der Waals surface area contributed by atoms with Gasteiger partial charge in [0.15, 0.2) is 0 Å². The second-order valence-electron chi connectivity index (χ2n) is 10.3. The van der Waals surface area contributed by atoms with Crippen molar-refractivity contribution in [3.05, 3.63) is 58.7 Å². The van der Waals surface area contributed by atoms with E-state index < -0.39 is 23.8 Å². The fourth-order valence-electron chi connectivity index (χ4n) is 4.68. The van der Waals surface area contributed by atoms with Crippen molar-refractivity contribution in [1.82, 2.24) is 20.0 Å². The quantitative estimate of drug-likeness (QED) is 0.303. The highest BCUT2D eigenvalue weighted by Crippen LogP contribution is 2.34. The fourth-order valence-corrected chi connectivity index (χ4v) is 4.91. The second kappa shape index (κ2) is 10.8. The molecule has 2 aromatic carbocycles. The van der Waals surface area contributed by atoms with Gasteiger partial charge in [0.1, 0.15) is 11.9 Å². The summed E-state index contributed by atoms with van der Waals surface area (Å²) in [7, 11) is 0. The van der Waals surface area contributed by atoms with Crippen LogP contribution in [0.1, 0.15) is 67.6 Å². The fraction of sp³-hybridized carbons (Fsp3) is 0.464. The van der Waals surface area contributed by atoms with Gasteiger partial charge >= 0.3 is 0 Å². The predicted octanol–water partition coefficient (Wildman–Crippen LogP) is 4.31. The lowest BCUT2D eigenvalue weighted by Crippen LogP contribution is -2.48. The summed E-state index contributed by atoms with van der Waals surface area (Å²) in [6.45, 7) is 6.26. The zero-order chi connectivity index (χ0) is 26.1. The number of amides is 1. The number of aliphatic hydroxyl groups excluding tert-OH is 1. The molecule has 1 aliphatic carbocycles. The largest absolute Gasteiger partial charge is 0.489 e. The first-order valence-electron chi connectivity index (χ1n) is 13.0. The lowest BCUT2D eigenvalue weighted by Gasteiger charge is -2.28. The first-order chi connectivity index (χ1) is 17.8. The molecular weight excluding hydrogens is 492 g/mol. The van der Waals surface area contributed by atoms with Gasteiger partial charge in [-0.15, -0.1) is 0 Å². The summed E-state index contributed by atoms with van der Waals surface area (Å²) in [4.78, 5) is 28.4. The molecule has 2 fully saturated rings. The molecule has 9 heteroatoms. The number of benzene rings is 2. The molecular formula is C28H33ClN4O4. The number of rotatable bonds is 10. The van der Waals surface area contributed by atoms with Gasteiger partial charge in [-0.1, -0.05) is 17.7 Å². The molecule has 2 N–H and O–H groups in total. The van der Waals surface area contributed by atoms with Gasteiger partial charge in [-0.2, -0.15) is 5.10 Å². The number of ether oxygens (including phenoxy) is 1. The summed E-state index contributed by atoms with van der Waals surface area (Å²) < 4.78 is 7.63. The van der Waals surface area contributed by atoms with Crippen LogP contribution >= 0.6 is 11.6 Å². The van der Waals surface area contributed by atoms with Crippen LogP contribution in [0.5, 0.6) is 5.75 Å². The molecule has 0 spiro atoms. The van der Waals surface area contributed by atoms with Crippen LogP contribution in [-0.2, 0) is 4.79 Å². The number of ketones is 1. The summed E-state index contributed by atoms with van der Waals surface area (Å²) in [6.07, 6.45) is 5.21. The average molecular weight is 525 g/mol. The first-order valence-corrected chi connectivity index (χ1v) is 13.4. The number of hydrogen-bond acceptors (Lipinski definition) is 6. The number of carbonyl (C=O) groups is 2. The Bertz CT molecular complexity index is 1300. The number of aromatic nitrogens is 2. The molecule has 2 atom stereocenters. The Balaban J connectivity index is 1.33. The molecule has 37 heavy (non-hydrogen) atoms. The van der Waals surface area contributed by atoms with Crippen LogP contribution in [0.3, 0.4) is 0 Å². The van der Waals surface area contributed by atoms with Crippen molar-refractivity contribution in [2.45, 2.75) is 63.8 Å². The minimum atomic E-state index is -1.04. The monoisotopic (exact) mass is 524 g/mol. The molecule has 0 bridgehead atoms. The number of fused-ring (bicyclic) bond motifs is 1. The van der Waals surface area contributed by atoms with Gasteiger partial charge in [0, 0.05) is 29.7 Å². The number of nitrogens with one attached hydrogen (secondary N) is 1. The van der Waals surface area contributed by atoms with Gasteiger partial charge in [0.2, 0.25) is 5.78 Å². The van der Waals surface area contributed by atoms with E-state index in [1.54, 1.807) is 36.4 Å². The Labute approximate surface area is 221 Å². The summed E-state index contributed by atoms with van der Waals surface area (Å²) in [5.74, 6) is -0.811. The summed E-state index contributed by atoms with van der Waals surface area (Å²) >= 11 is 6.43. The normalized spacial score (nSPS) is 17.8. The third-order valence-electron chi connectivity index (χ3n) is 6.99. The van der Waals surface area contributed by atoms with Crippen LogP contribution in [0.15, 0.2) is 42.6 Å². The third kappa shape index (κ3) is 5.98. The van der Waals surface area contributed by atoms with Crippen LogP contribution < -0.4 is 10.1 Å². The number of nitrogens with zero attached hydrogens (tertiary/aromatic N) is 3. The molecule has 1 saturated carbocycles. The van der Waals surface area contributed by atoms with E-state index in [-0.39, 0.29) is 17.7 Å². The molecule has 1 amide bonds. The lowest BCUT2D eigenvalue weighted by molar-refractivity contribution is -0.118. The van der Waals surface area contributed by atoms with Crippen LogP contribution in [0.4, 0.5) is 0 Å².